The fourth-order valence-corrected chi connectivity index (χ4v) is 1.35. The van der Waals surface area contributed by atoms with E-state index in [0.717, 1.165) is 0 Å². The maximum absolute atomic E-state index is 11.0. The molecule has 4 heteroatoms. The minimum Gasteiger partial charge on any atom is -0.504 e. The Morgan fingerprint density at radius 2 is 1.87 bits per heavy atom. The van der Waals surface area contributed by atoms with Crippen molar-refractivity contribution in [2.45, 2.75) is 13.3 Å². The van der Waals surface area contributed by atoms with E-state index in [1.165, 1.54) is 27.2 Å². The molecular weight excluding hydrogens is 196 g/mol. The predicted octanol–water partition coefficient (Wildman–Crippen LogP) is 1.54. The van der Waals surface area contributed by atoms with E-state index in [0.29, 0.717) is 17.1 Å². The molecule has 1 aromatic carbocycles. The molecule has 0 radical (unpaired) electrons. The second-order valence-electron chi connectivity index (χ2n) is 3.21. The first-order valence-electron chi connectivity index (χ1n) is 4.51. The van der Waals surface area contributed by atoms with Crippen LogP contribution in [0.1, 0.15) is 12.5 Å². The van der Waals surface area contributed by atoms with E-state index in [1.807, 2.05) is 0 Å². The number of Topliss-reactive ketones (excluding diaryl/α,β-unsaturated/α-hetero) is 1. The van der Waals surface area contributed by atoms with Crippen molar-refractivity contribution in [3.8, 4) is 17.2 Å². The van der Waals surface area contributed by atoms with Gasteiger partial charge in [-0.05, 0) is 13.0 Å². The molecule has 0 amide bonds. The topological polar surface area (TPSA) is 55.8 Å². The van der Waals surface area contributed by atoms with Crippen molar-refractivity contribution in [1.29, 1.82) is 0 Å². The molecule has 1 N–H and O–H groups in total. The number of aromatic hydroxyl groups is 1. The summed E-state index contributed by atoms with van der Waals surface area (Å²) in [5.74, 6) is 0.895. The minimum atomic E-state index is 0.00884. The van der Waals surface area contributed by atoms with Gasteiger partial charge in [0.2, 0.25) is 0 Å². The number of hydrogen-bond donors (Lipinski definition) is 1. The molecule has 0 spiro atoms. The van der Waals surface area contributed by atoms with Gasteiger partial charge in [0.05, 0.1) is 14.2 Å². The summed E-state index contributed by atoms with van der Waals surface area (Å²) in [6.07, 6.45) is 0.237. The molecule has 15 heavy (non-hydrogen) atoms. The van der Waals surface area contributed by atoms with Crippen molar-refractivity contribution < 1.29 is 19.4 Å². The molecule has 0 atom stereocenters. The van der Waals surface area contributed by atoms with E-state index in [4.69, 9.17) is 9.47 Å². The lowest BCUT2D eigenvalue weighted by Gasteiger charge is -2.10. The van der Waals surface area contributed by atoms with Crippen LogP contribution in [0.2, 0.25) is 0 Å². The van der Waals surface area contributed by atoms with Gasteiger partial charge in [0, 0.05) is 18.1 Å². The molecule has 0 saturated heterocycles. The summed E-state index contributed by atoms with van der Waals surface area (Å²) in [7, 11) is 2.97. The summed E-state index contributed by atoms with van der Waals surface area (Å²) in [5.41, 5.74) is 0.656. The van der Waals surface area contributed by atoms with Crippen LogP contribution in [-0.4, -0.2) is 25.1 Å². The Balaban J connectivity index is 3.15. The number of carbonyl (C=O) groups is 1. The second kappa shape index (κ2) is 4.68. The number of phenolic OH excluding ortho intramolecular Hbond substituents is 1. The molecule has 0 aliphatic rings. The lowest BCUT2D eigenvalue weighted by molar-refractivity contribution is -0.116. The van der Waals surface area contributed by atoms with Crippen LogP contribution in [0.3, 0.4) is 0 Å². The van der Waals surface area contributed by atoms with Gasteiger partial charge in [-0.25, -0.2) is 0 Å². The molecule has 0 aromatic heterocycles. The Morgan fingerprint density at radius 1 is 1.27 bits per heavy atom. The number of carbonyl (C=O) groups excluding carboxylic acids is 1. The molecule has 0 fully saturated rings. The summed E-state index contributed by atoms with van der Waals surface area (Å²) in [5, 5.41) is 9.53. The number of ether oxygens (including phenoxy) is 2. The van der Waals surface area contributed by atoms with Crippen LogP contribution in [0, 0.1) is 0 Å². The van der Waals surface area contributed by atoms with Crippen LogP contribution in [0.25, 0.3) is 0 Å². The number of ketones is 1. The zero-order valence-electron chi connectivity index (χ0n) is 9.03. The summed E-state index contributed by atoms with van der Waals surface area (Å²) >= 11 is 0. The Kier molecular flexibility index (Phi) is 3.55. The quantitative estimate of drug-likeness (QED) is 0.819. The second-order valence-corrected chi connectivity index (χ2v) is 3.21. The monoisotopic (exact) mass is 210 g/mol. The van der Waals surface area contributed by atoms with E-state index in [2.05, 4.69) is 0 Å². The maximum Gasteiger partial charge on any atom is 0.164 e. The van der Waals surface area contributed by atoms with Gasteiger partial charge in [-0.2, -0.15) is 0 Å². The number of benzene rings is 1. The van der Waals surface area contributed by atoms with Gasteiger partial charge < -0.3 is 14.6 Å². The third kappa shape index (κ3) is 2.62. The van der Waals surface area contributed by atoms with Crippen molar-refractivity contribution >= 4 is 5.78 Å². The molecular formula is C11H14O4. The standard InChI is InChI=1S/C11H14O4/c1-7(12)4-8-5-9(13)11(15-3)6-10(8)14-2/h5-6,13H,4H2,1-3H3. The fraction of sp³-hybridized carbons (Fsp3) is 0.364. The zero-order valence-corrected chi connectivity index (χ0v) is 9.03. The molecule has 0 aliphatic carbocycles. The third-order valence-corrected chi connectivity index (χ3v) is 2.02. The lowest BCUT2D eigenvalue weighted by atomic mass is 10.1. The fourth-order valence-electron chi connectivity index (χ4n) is 1.35. The first-order valence-corrected chi connectivity index (χ1v) is 4.51. The van der Waals surface area contributed by atoms with E-state index in [1.54, 1.807) is 6.07 Å². The van der Waals surface area contributed by atoms with Crippen molar-refractivity contribution in [3.05, 3.63) is 17.7 Å². The molecule has 0 heterocycles. The number of rotatable bonds is 4. The number of phenols is 1. The van der Waals surface area contributed by atoms with Gasteiger partial charge >= 0.3 is 0 Å². The smallest absolute Gasteiger partial charge is 0.164 e. The first-order chi connectivity index (χ1) is 7.08. The van der Waals surface area contributed by atoms with Crippen LogP contribution in [-0.2, 0) is 11.2 Å². The van der Waals surface area contributed by atoms with Crippen LogP contribution < -0.4 is 9.47 Å². The first kappa shape index (κ1) is 11.4. The van der Waals surface area contributed by atoms with Crippen molar-refractivity contribution in [1.82, 2.24) is 0 Å². The van der Waals surface area contributed by atoms with Crippen LogP contribution >= 0.6 is 0 Å². The normalized spacial score (nSPS) is 9.80. The van der Waals surface area contributed by atoms with E-state index in [9.17, 15) is 9.90 Å². The molecule has 4 nitrogen and oxygen atoms in total. The van der Waals surface area contributed by atoms with E-state index < -0.39 is 0 Å². The summed E-state index contributed by atoms with van der Waals surface area (Å²) in [6, 6.07) is 3.05. The number of hydrogen-bond acceptors (Lipinski definition) is 4. The Bertz CT molecular complexity index is 371. The third-order valence-electron chi connectivity index (χ3n) is 2.02. The Morgan fingerprint density at radius 3 is 2.33 bits per heavy atom. The highest BCUT2D eigenvalue weighted by molar-refractivity contribution is 5.79. The Labute approximate surface area is 88.4 Å². The lowest BCUT2D eigenvalue weighted by Crippen LogP contribution is -2.00. The van der Waals surface area contributed by atoms with Gasteiger partial charge in [-0.3, -0.25) is 4.79 Å². The highest BCUT2D eigenvalue weighted by Gasteiger charge is 2.11. The summed E-state index contributed by atoms with van der Waals surface area (Å²) in [6.45, 7) is 1.49. The zero-order chi connectivity index (χ0) is 11.4. The van der Waals surface area contributed by atoms with Crippen molar-refractivity contribution in [2.75, 3.05) is 14.2 Å². The minimum absolute atomic E-state index is 0.00884. The van der Waals surface area contributed by atoms with Gasteiger partial charge in [0.25, 0.3) is 0 Å². The molecule has 1 aromatic rings. The molecule has 0 unspecified atom stereocenters. The van der Waals surface area contributed by atoms with E-state index in [-0.39, 0.29) is 18.0 Å². The van der Waals surface area contributed by atoms with Crippen molar-refractivity contribution in [3.63, 3.8) is 0 Å². The average Bonchev–Trinajstić information content (AvgIpc) is 2.17. The molecule has 1 rings (SSSR count). The number of methoxy groups -OCH3 is 2. The van der Waals surface area contributed by atoms with Gasteiger partial charge in [0.1, 0.15) is 11.5 Å². The van der Waals surface area contributed by atoms with Crippen molar-refractivity contribution in [2.24, 2.45) is 0 Å². The van der Waals surface area contributed by atoms with Gasteiger partial charge in [-0.1, -0.05) is 0 Å². The summed E-state index contributed by atoms with van der Waals surface area (Å²) < 4.78 is 10.0. The largest absolute Gasteiger partial charge is 0.504 e. The van der Waals surface area contributed by atoms with Gasteiger partial charge in [0.15, 0.2) is 11.5 Å². The van der Waals surface area contributed by atoms with Gasteiger partial charge in [-0.15, -0.1) is 0 Å². The van der Waals surface area contributed by atoms with Crippen LogP contribution in [0.5, 0.6) is 17.2 Å². The van der Waals surface area contributed by atoms with Crippen LogP contribution in [0.15, 0.2) is 12.1 Å². The Hall–Kier alpha value is -1.71. The average molecular weight is 210 g/mol. The highest BCUT2D eigenvalue weighted by atomic mass is 16.5. The molecule has 0 saturated carbocycles. The maximum atomic E-state index is 11.0. The molecule has 0 bridgehead atoms. The van der Waals surface area contributed by atoms with Crippen LogP contribution in [0.4, 0.5) is 0 Å². The van der Waals surface area contributed by atoms with E-state index >= 15 is 0 Å². The molecule has 82 valence electrons. The SMILES string of the molecule is COc1cc(OC)c(CC(C)=O)cc1O. The summed E-state index contributed by atoms with van der Waals surface area (Å²) in [4.78, 5) is 11.0. The molecule has 0 aliphatic heterocycles. The predicted molar refractivity (Wildman–Crippen MR) is 55.6 cm³/mol. The highest BCUT2D eigenvalue weighted by Crippen LogP contribution is 2.33.